The zero-order valence-corrected chi connectivity index (χ0v) is 18.6. The summed E-state index contributed by atoms with van der Waals surface area (Å²) in [5, 5.41) is 14.6. The summed E-state index contributed by atoms with van der Waals surface area (Å²) in [5.41, 5.74) is -8.52. The molecule has 0 aliphatic heterocycles. The smallest absolute Gasteiger partial charge is 0.381 e. The fraction of sp³-hybridized carbons (Fsp3) is 0.381. The van der Waals surface area contributed by atoms with Gasteiger partial charge in [-0.1, -0.05) is 18.2 Å². The van der Waals surface area contributed by atoms with Gasteiger partial charge in [-0.3, -0.25) is 4.79 Å². The number of carbonyl (C=O) groups is 1. The van der Waals surface area contributed by atoms with E-state index in [-0.39, 0.29) is 17.4 Å². The standard InChI is InChI=1S/C21H19F9N2O2S/c1-35-10-17(33)31-9-12-5-6-15(8-16(12)20(25,26)27)32-11-18(34,21(28,29)30)13-3-2-4-14(7-13)19(22,23)24/h2-8,32,34H,9-11H2,1H3,(H,31,33)/t18-/m0/s1. The third kappa shape index (κ3) is 7.19. The van der Waals surface area contributed by atoms with E-state index in [1.165, 1.54) is 0 Å². The molecule has 0 saturated heterocycles. The average Bonchev–Trinajstić information content (AvgIpc) is 2.74. The SMILES string of the molecule is CSCC(=O)NCc1ccc(NC[C@](O)(c2cccc(C(F)(F)F)c2)C(F)(F)F)cc1C(F)(F)F. The molecule has 194 valence electrons. The fourth-order valence-corrected chi connectivity index (χ4v) is 3.39. The van der Waals surface area contributed by atoms with Gasteiger partial charge in [0, 0.05) is 12.2 Å². The highest BCUT2D eigenvalue weighted by molar-refractivity contribution is 7.99. The molecule has 4 nitrogen and oxygen atoms in total. The van der Waals surface area contributed by atoms with Gasteiger partial charge in [-0.2, -0.15) is 51.3 Å². The monoisotopic (exact) mass is 534 g/mol. The van der Waals surface area contributed by atoms with Crippen molar-refractivity contribution in [3.63, 3.8) is 0 Å². The zero-order valence-electron chi connectivity index (χ0n) is 17.8. The maximum absolute atomic E-state index is 13.7. The van der Waals surface area contributed by atoms with Crippen LogP contribution in [0, 0.1) is 0 Å². The summed E-state index contributed by atoms with van der Waals surface area (Å²) in [6.45, 7) is -1.97. The van der Waals surface area contributed by atoms with Crippen LogP contribution in [-0.2, 0) is 29.3 Å². The largest absolute Gasteiger partial charge is 0.423 e. The molecule has 35 heavy (non-hydrogen) atoms. The number of alkyl halides is 9. The van der Waals surface area contributed by atoms with Crippen molar-refractivity contribution in [1.82, 2.24) is 5.32 Å². The third-order valence-electron chi connectivity index (χ3n) is 4.85. The van der Waals surface area contributed by atoms with Crippen molar-refractivity contribution in [2.75, 3.05) is 23.9 Å². The van der Waals surface area contributed by atoms with Gasteiger partial charge in [0.05, 0.1) is 23.4 Å². The zero-order chi connectivity index (χ0) is 26.7. The molecule has 0 aromatic heterocycles. The van der Waals surface area contributed by atoms with E-state index in [1.54, 1.807) is 6.26 Å². The second kappa shape index (κ2) is 10.6. The van der Waals surface area contributed by atoms with Crippen molar-refractivity contribution in [1.29, 1.82) is 0 Å². The molecular formula is C21H19F9N2O2S. The molecule has 3 N–H and O–H groups in total. The van der Waals surface area contributed by atoms with Gasteiger partial charge in [0.1, 0.15) is 0 Å². The number of carbonyl (C=O) groups excluding carboxylic acids is 1. The molecule has 0 unspecified atom stereocenters. The molecular weight excluding hydrogens is 515 g/mol. The molecule has 0 aliphatic rings. The molecule has 14 heteroatoms. The minimum atomic E-state index is -5.47. The first kappa shape index (κ1) is 28.6. The number of thioether (sulfide) groups is 1. The Balaban J connectivity index is 2.36. The Bertz CT molecular complexity index is 1040. The summed E-state index contributed by atoms with van der Waals surface area (Å²) < 4.78 is 120. The number of hydrogen-bond acceptors (Lipinski definition) is 4. The van der Waals surface area contributed by atoms with Crippen LogP contribution in [0.4, 0.5) is 45.2 Å². The lowest BCUT2D eigenvalue weighted by atomic mass is 9.91. The van der Waals surface area contributed by atoms with Crippen LogP contribution in [0.15, 0.2) is 42.5 Å². The summed E-state index contributed by atoms with van der Waals surface area (Å²) >= 11 is 1.15. The summed E-state index contributed by atoms with van der Waals surface area (Å²) in [6, 6.07) is 4.36. The second-order valence-corrected chi connectivity index (χ2v) is 8.24. The van der Waals surface area contributed by atoms with Crippen LogP contribution in [0.25, 0.3) is 0 Å². The van der Waals surface area contributed by atoms with E-state index in [1.807, 2.05) is 5.32 Å². The number of anilines is 1. The molecule has 2 rings (SSSR count). The fourth-order valence-electron chi connectivity index (χ4n) is 3.03. The first-order valence-electron chi connectivity index (χ1n) is 9.65. The number of nitrogens with one attached hydrogen (secondary N) is 2. The summed E-state index contributed by atoms with van der Waals surface area (Å²) in [6.07, 6.45) is -13.8. The van der Waals surface area contributed by atoms with Gasteiger partial charge in [-0.05, 0) is 41.6 Å². The third-order valence-corrected chi connectivity index (χ3v) is 5.40. The first-order chi connectivity index (χ1) is 16.0. The van der Waals surface area contributed by atoms with Crippen molar-refractivity contribution in [3.05, 3.63) is 64.7 Å². The predicted molar refractivity (Wildman–Crippen MR) is 112 cm³/mol. The molecule has 1 atom stereocenters. The Morgan fingerprint density at radius 3 is 2.09 bits per heavy atom. The van der Waals surface area contributed by atoms with Gasteiger partial charge < -0.3 is 15.7 Å². The van der Waals surface area contributed by atoms with Crippen LogP contribution in [0.3, 0.4) is 0 Å². The Labute approximate surface area is 197 Å². The minimum absolute atomic E-state index is 0.00650. The summed E-state index contributed by atoms with van der Waals surface area (Å²) in [5.74, 6) is -0.517. The van der Waals surface area contributed by atoms with E-state index in [4.69, 9.17) is 0 Å². The van der Waals surface area contributed by atoms with E-state index in [2.05, 4.69) is 5.32 Å². The van der Waals surface area contributed by atoms with Crippen LogP contribution < -0.4 is 10.6 Å². The van der Waals surface area contributed by atoms with Crippen molar-refractivity contribution < 1.29 is 49.4 Å². The van der Waals surface area contributed by atoms with Gasteiger partial charge in [-0.15, -0.1) is 0 Å². The minimum Gasteiger partial charge on any atom is -0.381 e. The average molecular weight is 534 g/mol. The van der Waals surface area contributed by atoms with Gasteiger partial charge in [0.2, 0.25) is 11.5 Å². The van der Waals surface area contributed by atoms with Crippen molar-refractivity contribution >= 4 is 23.4 Å². The molecule has 0 heterocycles. The normalized spacial score (nSPS) is 14.4. The molecule has 0 radical (unpaired) electrons. The number of aliphatic hydroxyl groups is 1. The quantitative estimate of drug-likeness (QED) is 0.388. The summed E-state index contributed by atoms with van der Waals surface area (Å²) in [7, 11) is 0. The van der Waals surface area contributed by atoms with Crippen LogP contribution in [-0.4, -0.2) is 35.7 Å². The number of hydrogen-bond donors (Lipinski definition) is 3. The molecule has 0 saturated carbocycles. The highest BCUT2D eigenvalue weighted by Gasteiger charge is 2.55. The lowest BCUT2D eigenvalue weighted by molar-refractivity contribution is -0.260. The van der Waals surface area contributed by atoms with Crippen LogP contribution >= 0.6 is 11.8 Å². The Hall–Kier alpha value is -2.61. The van der Waals surface area contributed by atoms with E-state index < -0.39 is 65.5 Å². The van der Waals surface area contributed by atoms with E-state index >= 15 is 0 Å². The molecule has 1 amide bonds. The van der Waals surface area contributed by atoms with Crippen LogP contribution in [0.1, 0.15) is 22.3 Å². The Kier molecular flexibility index (Phi) is 8.64. The topological polar surface area (TPSA) is 61.4 Å². The molecule has 0 spiro atoms. The highest BCUT2D eigenvalue weighted by atomic mass is 32.2. The van der Waals surface area contributed by atoms with Crippen LogP contribution in [0.5, 0.6) is 0 Å². The number of halogens is 9. The highest BCUT2D eigenvalue weighted by Crippen LogP contribution is 2.41. The molecule has 2 aromatic carbocycles. The van der Waals surface area contributed by atoms with Crippen molar-refractivity contribution in [2.24, 2.45) is 0 Å². The van der Waals surface area contributed by atoms with Gasteiger partial charge in [0.15, 0.2) is 0 Å². The lowest BCUT2D eigenvalue weighted by Crippen LogP contribution is -2.48. The van der Waals surface area contributed by atoms with E-state index in [0.717, 1.165) is 23.9 Å². The Morgan fingerprint density at radius 2 is 1.54 bits per heavy atom. The summed E-state index contributed by atoms with van der Waals surface area (Å²) in [4.78, 5) is 11.5. The van der Waals surface area contributed by atoms with Crippen molar-refractivity contribution in [2.45, 2.75) is 30.7 Å². The van der Waals surface area contributed by atoms with Crippen LogP contribution in [0.2, 0.25) is 0 Å². The maximum atomic E-state index is 13.7. The van der Waals surface area contributed by atoms with Gasteiger partial charge >= 0.3 is 18.5 Å². The maximum Gasteiger partial charge on any atom is 0.423 e. The lowest BCUT2D eigenvalue weighted by Gasteiger charge is -2.32. The van der Waals surface area contributed by atoms with E-state index in [9.17, 15) is 49.4 Å². The first-order valence-corrected chi connectivity index (χ1v) is 11.0. The van der Waals surface area contributed by atoms with Gasteiger partial charge in [0.25, 0.3) is 0 Å². The Morgan fingerprint density at radius 1 is 0.914 bits per heavy atom. The van der Waals surface area contributed by atoms with Gasteiger partial charge in [-0.25, -0.2) is 0 Å². The van der Waals surface area contributed by atoms with E-state index in [0.29, 0.717) is 24.3 Å². The molecule has 0 aliphatic carbocycles. The van der Waals surface area contributed by atoms with Crippen molar-refractivity contribution in [3.8, 4) is 0 Å². The second-order valence-electron chi connectivity index (χ2n) is 7.37. The number of rotatable bonds is 8. The predicted octanol–water partition coefficient (Wildman–Crippen LogP) is 5.57. The molecule has 0 fully saturated rings. The molecule has 0 bridgehead atoms. The number of benzene rings is 2. The molecule has 2 aromatic rings. The number of amides is 1.